The summed E-state index contributed by atoms with van der Waals surface area (Å²) in [5, 5.41) is 16.1. The quantitative estimate of drug-likeness (QED) is 0.822. The van der Waals surface area contributed by atoms with Gasteiger partial charge in [0.15, 0.2) is 0 Å². The molecule has 1 saturated carbocycles. The number of rotatable bonds is 4. The molecule has 1 fully saturated rings. The number of hydrogen-bond acceptors (Lipinski definition) is 4. The summed E-state index contributed by atoms with van der Waals surface area (Å²) in [4.78, 5) is 4.22. The average Bonchev–Trinajstić information content (AvgIpc) is 2.71. The predicted molar refractivity (Wildman–Crippen MR) is 61.8 cm³/mol. The molecule has 84 valence electrons. The Labute approximate surface area is 94.5 Å². The molecule has 15 heavy (non-hydrogen) atoms. The summed E-state index contributed by atoms with van der Waals surface area (Å²) in [5.41, 5.74) is 0. The molecule has 1 heterocycles. The molecule has 0 amide bonds. The van der Waals surface area contributed by atoms with Crippen LogP contribution in [0.3, 0.4) is 0 Å². The van der Waals surface area contributed by atoms with Crippen molar-refractivity contribution >= 4 is 11.3 Å². The third-order valence-corrected chi connectivity index (χ3v) is 3.73. The lowest BCUT2D eigenvalue weighted by Gasteiger charge is -2.25. The largest absolute Gasteiger partial charge is 0.393 e. The highest BCUT2D eigenvalue weighted by molar-refractivity contribution is 7.09. The van der Waals surface area contributed by atoms with E-state index in [2.05, 4.69) is 10.3 Å². The summed E-state index contributed by atoms with van der Waals surface area (Å²) in [5.74, 6) is 0.647. The van der Waals surface area contributed by atoms with E-state index in [1.807, 2.05) is 11.6 Å². The molecule has 2 unspecified atom stereocenters. The minimum absolute atomic E-state index is 0.0644. The Hall–Kier alpha value is -0.450. The Morgan fingerprint density at radius 3 is 3.20 bits per heavy atom. The topological polar surface area (TPSA) is 45.1 Å². The van der Waals surface area contributed by atoms with Gasteiger partial charge in [-0.25, -0.2) is 4.98 Å². The zero-order valence-electron chi connectivity index (χ0n) is 8.85. The minimum Gasteiger partial charge on any atom is -0.393 e. The number of hydrogen-bond donors (Lipinski definition) is 2. The lowest BCUT2D eigenvalue weighted by Crippen LogP contribution is -2.28. The smallest absolute Gasteiger partial charge is 0.106 e. The summed E-state index contributed by atoms with van der Waals surface area (Å²) in [6.07, 6.45) is 6.15. The zero-order chi connectivity index (χ0) is 10.5. The molecule has 0 radical (unpaired) electrons. The molecule has 4 heteroatoms. The van der Waals surface area contributed by atoms with Crippen LogP contribution < -0.4 is 5.32 Å². The Morgan fingerprint density at radius 1 is 1.53 bits per heavy atom. The fourth-order valence-corrected chi connectivity index (χ4v) is 2.76. The van der Waals surface area contributed by atoms with Crippen molar-refractivity contribution in [2.75, 3.05) is 6.54 Å². The second-order valence-corrected chi connectivity index (χ2v) is 5.22. The molecule has 0 saturated heterocycles. The van der Waals surface area contributed by atoms with E-state index in [4.69, 9.17) is 0 Å². The third-order valence-electron chi connectivity index (χ3n) is 2.95. The molecule has 1 aromatic rings. The zero-order valence-corrected chi connectivity index (χ0v) is 9.67. The number of nitrogens with zero attached hydrogens (tertiary/aromatic N) is 1. The maximum Gasteiger partial charge on any atom is 0.106 e. The SMILES string of the molecule is OC1CCCC(CNCc2nccs2)C1. The van der Waals surface area contributed by atoms with E-state index < -0.39 is 0 Å². The van der Waals surface area contributed by atoms with Crippen LogP contribution in [0.15, 0.2) is 11.6 Å². The van der Waals surface area contributed by atoms with Crippen molar-refractivity contribution in [2.45, 2.75) is 38.3 Å². The van der Waals surface area contributed by atoms with Gasteiger partial charge in [-0.1, -0.05) is 6.42 Å². The first-order chi connectivity index (χ1) is 7.34. The van der Waals surface area contributed by atoms with Crippen LogP contribution >= 0.6 is 11.3 Å². The summed E-state index contributed by atoms with van der Waals surface area (Å²) in [7, 11) is 0. The highest BCUT2D eigenvalue weighted by Gasteiger charge is 2.19. The average molecular weight is 226 g/mol. The summed E-state index contributed by atoms with van der Waals surface area (Å²) in [6, 6.07) is 0. The standard InChI is InChI=1S/C11H18N2OS/c14-10-3-1-2-9(6-10)7-12-8-11-13-4-5-15-11/h4-5,9-10,12,14H,1-3,6-8H2. The van der Waals surface area contributed by atoms with E-state index >= 15 is 0 Å². The summed E-state index contributed by atoms with van der Waals surface area (Å²) >= 11 is 1.69. The third kappa shape index (κ3) is 3.55. The van der Waals surface area contributed by atoms with Crippen LogP contribution in [0.25, 0.3) is 0 Å². The van der Waals surface area contributed by atoms with Crippen molar-refractivity contribution in [1.82, 2.24) is 10.3 Å². The minimum atomic E-state index is -0.0644. The first-order valence-corrected chi connectivity index (χ1v) is 6.49. The molecule has 0 aliphatic heterocycles. The van der Waals surface area contributed by atoms with Crippen LogP contribution in [0.5, 0.6) is 0 Å². The van der Waals surface area contributed by atoms with Gasteiger partial charge in [-0.05, 0) is 31.7 Å². The van der Waals surface area contributed by atoms with Crippen molar-refractivity contribution in [3.63, 3.8) is 0 Å². The van der Waals surface area contributed by atoms with Crippen molar-refractivity contribution < 1.29 is 5.11 Å². The normalized spacial score (nSPS) is 26.7. The number of aromatic nitrogens is 1. The lowest BCUT2D eigenvalue weighted by molar-refractivity contribution is 0.101. The van der Waals surface area contributed by atoms with Gasteiger partial charge in [0, 0.05) is 18.1 Å². The van der Waals surface area contributed by atoms with Gasteiger partial charge in [0.25, 0.3) is 0 Å². The number of aliphatic hydroxyl groups is 1. The van der Waals surface area contributed by atoms with Gasteiger partial charge in [-0.3, -0.25) is 0 Å². The van der Waals surface area contributed by atoms with E-state index in [0.717, 1.165) is 30.9 Å². The first kappa shape index (κ1) is 11.0. The van der Waals surface area contributed by atoms with Gasteiger partial charge in [-0.2, -0.15) is 0 Å². The fraction of sp³-hybridized carbons (Fsp3) is 0.727. The molecule has 1 aliphatic carbocycles. The van der Waals surface area contributed by atoms with E-state index in [-0.39, 0.29) is 6.10 Å². The Morgan fingerprint density at radius 2 is 2.47 bits per heavy atom. The van der Waals surface area contributed by atoms with Gasteiger partial charge in [0.05, 0.1) is 6.10 Å². The maximum absolute atomic E-state index is 9.52. The summed E-state index contributed by atoms with van der Waals surface area (Å²) < 4.78 is 0. The molecule has 0 bridgehead atoms. The molecule has 1 aromatic heterocycles. The van der Waals surface area contributed by atoms with Crippen molar-refractivity contribution in [2.24, 2.45) is 5.92 Å². The van der Waals surface area contributed by atoms with Gasteiger partial charge >= 0.3 is 0 Å². The van der Waals surface area contributed by atoms with Crippen LogP contribution in [0.2, 0.25) is 0 Å². The van der Waals surface area contributed by atoms with E-state index in [1.165, 1.54) is 12.8 Å². The van der Waals surface area contributed by atoms with Gasteiger partial charge < -0.3 is 10.4 Å². The predicted octanol–water partition coefficient (Wildman–Crippen LogP) is 1.78. The first-order valence-electron chi connectivity index (χ1n) is 5.62. The molecule has 1 aliphatic rings. The molecule has 2 atom stereocenters. The lowest BCUT2D eigenvalue weighted by atomic mass is 9.87. The van der Waals surface area contributed by atoms with Gasteiger partial charge in [0.1, 0.15) is 5.01 Å². The highest BCUT2D eigenvalue weighted by atomic mass is 32.1. The molecule has 0 spiro atoms. The molecule has 3 nitrogen and oxygen atoms in total. The van der Waals surface area contributed by atoms with Crippen LogP contribution in [-0.2, 0) is 6.54 Å². The molecular weight excluding hydrogens is 208 g/mol. The van der Waals surface area contributed by atoms with Crippen LogP contribution in [0, 0.1) is 5.92 Å². The Kier molecular flexibility index (Phi) is 4.11. The van der Waals surface area contributed by atoms with Crippen LogP contribution in [0.1, 0.15) is 30.7 Å². The maximum atomic E-state index is 9.52. The van der Waals surface area contributed by atoms with E-state index in [9.17, 15) is 5.11 Å². The van der Waals surface area contributed by atoms with Crippen molar-refractivity contribution in [1.29, 1.82) is 0 Å². The van der Waals surface area contributed by atoms with Gasteiger partial charge in [0.2, 0.25) is 0 Å². The molecular formula is C11H18N2OS. The molecule has 2 rings (SSSR count). The Bertz CT molecular complexity index is 276. The van der Waals surface area contributed by atoms with E-state index in [1.54, 1.807) is 11.3 Å². The Balaban J connectivity index is 1.65. The fourth-order valence-electron chi connectivity index (χ4n) is 2.17. The second kappa shape index (κ2) is 5.58. The van der Waals surface area contributed by atoms with Crippen molar-refractivity contribution in [3.05, 3.63) is 16.6 Å². The van der Waals surface area contributed by atoms with Gasteiger partial charge in [-0.15, -0.1) is 11.3 Å². The summed E-state index contributed by atoms with van der Waals surface area (Å²) in [6.45, 7) is 1.88. The van der Waals surface area contributed by atoms with Crippen molar-refractivity contribution in [3.8, 4) is 0 Å². The van der Waals surface area contributed by atoms with Crippen LogP contribution in [0.4, 0.5) is 0 Å². The van der Waals surface area contributed by atoms with Crippen LogP contribution in [-0.4, -0.2) is 22.7 Å². The monoisotopic (exact) mass is 226 g/mol. The number of thiazole rings is 1. The molecule has 2 N–H and O–H groups in total. The molecule has 0 aromatic carbocycles. The number of nitrogens with one attached hydrogen (secondary N) is 1. The highest BCUT2D eigenvalue weighted by Crippen LogP contribution is 2.23. The second-order valence-electron chi connectivity index (χ2n) is 4.24. The number of aliphatic hydroxyl groups excluding tert-OH is 1. The van der Waals surface area contributed by atoms with E-state index in [0.29, 0.717) is 5.92 Å².